The second-order valence-electron chi connectivity index (χ2n) is 9.84. The second-order valence-corrected chi connectivity index (χ2v) is 11.8. The van der Waals surface area contributed by atoms with Crippen molar-refractivity contribution in [1.82, 2.24) is 9.21 Å². The van der Waals surface area contributed by atoms with E-state index in [1.807, 2.05) is 17.0 Å². The van der Waals surface area contributed by atoms with Crippen LogP contribution in [-0.2, 0) is 27.8 Å². The SMILES string of the molecule is COc1cc2c(cc1OC)CN(S(=O)(=O)c1ccc(OC)c(N3CCN(C(=O)C4CCC4)CC3)c1)CC2. The minimum Gasteiger partial charge on any atom is -0.495 e. The van der Waals surface area contributed by atoms with Crippen molar-refractivity contribution in [1.29, 1.82) is 0 Å². The van der Waals surface area contributed by atoms with Crippen LogP contribution in [0.2, 0.25) is 0 Å². The quantitative estimate of drug-likeness (QED) is 0.545. The van der Waals surface area contributed by atoms with Crippen molar-refractivity contribution in [3.05, 3.63) is 41.5 Å². The largest absolute Gasteiger partial charge is 0.495 e. The highest BCUT2D eigenvalue weighted by molar-refractivity contribution is 7.89. The molecule has 2 heterocycles. The van der Waals surface area contributed by atoms with Crippen molar-refractivity contribution < 1.29 is 27.4 Å². The first kappa shape index (κ1) is 25.7. The third kappa shape index (κ3) is 4.84. The zero-order valence-electron chi connectivity index (χ0n) is 21.7. The summed E-state index contributed by atoms with van der Waals surface area (Å²) < 4.78 is 45.4. The summed E-state index contributed by atoms with van der Waals surface area (Å²) in [6, 6.07) is 8.83. The molecule has 2 aromatic rings. The molecule has 0 atom stereocenters. The average molecular weight is 530 g/mol. The Morgan fingerprint density at radius 2 is 1.49 bits per heavy atom. The summed E-state index contributed by atoms with van der Waals surface area (Å²) in [5.74, 6) is 2.30. The molecule has 9 nitrogen and oxygen atoms in total. The predicted molar refractivity (Wildman–Crippen MR) is 140 cm³/mol. The Bertz CT molecular complexity index is 1270. The van der Waals surface area contributed by atoms with Crippen molar-refractivity contribution >= 4 is 21.6 Å². The van der Waals surface area contributed by atoms with Gasteiger partial charge in [-0.15, -0.1) is 0 Å². The third-order valence-corrected chi connectivity index (χ3v) is 9.70. The maximum atomic E-state index is 13.7. The summed E-state index contributed by atoms with van der Waals surface area (Å²) in [7, 11) is 1.01. The molecular weight excluding hydrogens is 494 g/mol. The molecule has 0 N–H and O–H groups in total. The number of rotatable bonds is 7. The third-order valence-electron chi connectivity index (χ3n) is 7.86. The number of sulfonamides is 1. The minimum absolute atomic E-state index is 0.185. The number of hydrogen-bond acceptors (Lipinski definition) is 7. The van der Waals surface area contributed by atoms with Gasteiger partial charge in [-0.3, -0.25) is 4.79 Å². The minimum atomic E-state index is -3.74. The molecule has 0 radical (unpaired) electrons. The summed E-state index contributed by atoms with van der Waals surface area (Å²) in [5, 5.41) is 0. The van der Waals surface area contributed by atoms with Crippen LogP contribution in [-0.4, -0.2) is 77.6 Å². The van der Waals surface area contributed by atoms with E-state index in [4.69, 9.17) is 14.2 Å². The molecule has 2 aliphatic heterocycles. The van der Waals surface area contributed by atoms with Crippen LogP contribution in [0.4, 0.5) is 5.69 Å². The lowest BCUT2D eigenvalue weighted by Gasteiger charge is -2.39. The van der Waals surface area contributed by atoms with Gasteiger partial charge in [0.2, 0.25) is 15.9 Å². The number of anilines is 1. The molecule has 2 fully saturated rings. The Morgan fingerprint density at radius 1 is 0.838 bits per heavy atom. The van der Waals surface area contributed by atoms with Crippen molar-refractivity contribution in [2.24, 2.45) is 5.92 Å². The van der Waals surface area contributed by atoms with E-state index in [0.29, 0.717) is 56.4 Å². The van der Waals surface area contributed by atoms with Crippen molar-refractivity contribution in [3.63, 3.8) is 0 Å². The van der Waals surface area contributed by atoms with Gasteiger partial charge in [0.1, 0.15) is 5.75 Å². The fraction of sp³-hybridized carbons (Fsp3) is 0.519. The molecule has 1 saturated heterocycles. The highest BCUT2D eigenvalue weighted by Gasteiger charge is 2.33. The monoisotopic (exact) mass is 529 g/mol. The van der Waals surface area contributed by atoms with Gasteiger partial charge in [0, 0.05) is 45.2 Å². The van der Waals surface area contributed by atoms with Crippen LogP contribution in [0.25, 0.3) is 0 Å². The normalized spacial score (nSPS) is 18.7. The first-order chi connectivity index (χ1) is 17.8. The second kappa shape index (κ2) is 10.4. The van der Waals surface area contributed by atoms with Gasteiger partial charge in [-0.1, -0.05) is 6.42 Å². The number of fused-ring (bicyclic) bond motifs is 1. The van der Waals surface area contributed by atoms with Crippen molar-refractivity contribution in [2.75, 3.05) is 59.0 Å². The number of ether oxygens (including phenoxy) is 3. The van der Waals surface area contributed by atoms with Crippen LogP contribution >= 0.6 is 0 Å². The van der Waals surface area contributed by atoms with Gasteiger partial charge >= 0.3 is 0 Å². The Labute approximate surface area is 218 Å². The molecule has 1 saturated carbocycles. The Balaban J connectivity index is 1.35. The van der Waals surface area contributed by atoms with E-state index in [1.54, 1.807) is 39.5 Å². The Hall–Kier alpha value is -2.98. The summed E-state index contributed by atoms with van der Waals surface area (Å²) >= 11 is 0. The maximum absolute atomic E-state index is 13.7. The van der Waals surface area contributed by atoms with Crippen molar-refractivity contribution in [3.8, 4) is 17.2 Å². The zero-order valence-corrected chi connectivity index (χ0v) is 22.6. The molecule has 0 spiro atoms. The van der Waals surface area contributed by atoms with Gasteiger partial charge in [-0.25, -0.2) is 8.42 Å². The van der Waals surface area contributed by atoms with E-state index in [9.17, 15) is 13.2 Å². The molecule has 1 amide bonds. The van der Waals surface area contributed by atoms with E-state index < -0.39 is 10.0 Å². The number of methoxy groups -OCH3 is 3. The van der Waals surface area contributed by atoms with E-state index in [1.165, 1.54) is 4.31 Å². The van der Waals surface area contributed by atoms with E-state index in [0.717, 1.165) is 36.1 Å². The van der Waals surface area contributed by atoms with Gasteiger partial charge in [0.05, 0.1) is 31.9 Å². The molecule has 37 heavy (non-hydrogen) atoms. The fourth-order valence-electron chi connectivity index (χ4n) is 5.37. The molecule has 0 bridgehead atoms. The lowest BCUT2D eigenvalue weighted by Crippen LogP contribution is -2.51. The lowest BCUT2D eigenvalue weighted by atomic mass is 9.84. The van der Waals surface area contributed by atoms with E-state index in [-0.39, 0.29) is 23.3 Å². The Kier molecular flexibility index (Phi) is 7.22. The van der Waals surface area contributed by atoms with E-state index >= 15 is 0 Å². The standard InChI is InChI=1S/C27H35N3O6S/c1-34-24-8-7-22(17-23(24)28-11-13-29(14-12-28)27(31)19-5-4-6-19)37(32,33)30-10-9-20-15-25(35-2)26(36-3)16-21(20)18-30/h7-8,15-17,19H,4-6,9-14,18H2,1-3H3. The summed E-state index contributed by atoms with van der Waals surface area (Å²) in [5.41, 5.74) is 2.71. The van der Waals surface area contributed by atoms with Crippen LogP contribution in [0.5, 0.6) is 17.2 Å². The summed E-state index contributed by atoms with van der Waals surface area (Å²) in [6.45, 7) is 3.18. The number of amides is 1. The van der Waals surface area contributed by atoms with Gasteiger partial charge in [0.25, 0.3) is 0 Å². The highest BCUT2D eigenvalue weighted by atomic mass is 32.2. The molecule has 5 rings (SSSR count). The van der Waals surface area contributed by atoms with Gasteiger partial charge < -0.3 is 24.0 Å². The molecule has 1 aliphatic carbocycles. The van der Waals surface area contributed by atoms with Crippen molar-refractivity contribution in [2.45, 2.75) is 37.1 Å². The summed E-state index contributed by atoms with van der Waals surface area (Å²) in [4.78, 5) is 17.0. The molecule has 2 aromatic carbocycles. The molecule has 10 heteroatoms. The number of carbonyl (C=O) groups excluding carboxylic acids is 1. The smallest absolute Gasteiger partial charge is 0.243 e. The predicted octanol–water partition coefficient (Wildman–Crippen LogP) is 2.91. The lowest BCUT2D eigenvalue weighted by molar-refractivity contribution is -0.138. The number of carbonyl (C=O) groups is 1. The zero-order chi connectivity index (χ0) is 26.2. The van der Waals surface area contributed by atoms with Crippen LogP contribution in [0, 0.1) is 5.92 Å². The van der Waals surface area contributed by atoms with Crippen LogP contribution in [0.1, 0.15) is 30.4 Å². The van der Waals surface area contributed by atoms with Crippen LogP contribution in [0.3, 0.4) is 0 Å². The Morgan fingerprint density at radius 3 is 2.08 bits per heavy atom. The fourth-order valence-corrected chi connectivity index (χ4v) is 6.81. The summed E-state index contributed by atoms with van der Waals surface area (Å²) in [6.07, 6.45) is 3.72. The molecule has 0 unspecified atom stereocenters. The molecule has 3 aliphatic rings. The first-order valence-corrected chi connectivity index (χ1v) is 14.3. The van der Waals surface area contributed by atoms with E-state index in [2.05, 4.69) is 4.90 Å². The number of hydrogen-bond donors (Lipinski definition) is 0. The molecular formula is C27H35N3O6S. The van der Waals surface area contributed by atoms with Gasteiger partial charge in [-0.2, -0.15) is 4.31 Å². The van der Waals surface area contributed by atoms with Gasteiger partial charge in [0.15, 0.2) is 11.5 Å². The topological polar surface area (TPSA) is 88.6 Å². The molecule has 0 aromatic heterocycles. The highest BCUT2D eigenvalue weighted by Crippen LogP contribution is 2.37. The average Bonchev–Trinajstić information content (AvgIpc) is 2.90. The first-order valence-electron chi connectivity index (χ1n) is 12.8. The van der Waals surface area contributed by atoms with Gasteiger partial charge in [-0.05, 0) is 60.7 Å². The maximum Gasteiger partial charge on any atom is 0.243 e. The molecule has 200 valence electrons. The number of benzene rings is 2. The number of nitrogens with zero attached hydrogens (tertiary/aromatic N) is 3. The van der Waals surface area contributed by atoms with Crippen LogP contribution in [0.15, 0.2) is 35.2 Å². The number of piperazine rings is 1. The van der Waals surface area contributed by atoms with Crippen LogP contribution < -0.4 is 19.1 Å².